The molecule has 2 atom stereocenters. The molecule has 1 amide bonds. The average molecular weight is 291 g/mol. The van der Waals surface area contributed by atoms with E-state index in [-0.39, 0.29) is 31.8 Å². The number of carboxylic acids is 1. The van der Waals surface area contributed by atoms with Crippen LogP contribution in [0.5, 0.6) is 0 Å². The minimum atomic E-state index is -0.966. The van der Waals surface area contributed by atoms with E-state index >= 15 is 0 Å². The zero-order valence-corrected chi connectivity index (χ0v) is 11.4. The second-order valence-electron chi connectivity index (χ2n) is 4.06. The summed E-state index contributed by atoms with van der Waals surface area (Å²) in [7, 11) is 1.24. The Balaban J connectivity index is 2.65. The molecule has 0 bridgehead atoms. The summed E-state index contributed by atoms with van der Waals surface area (Å²) in [5.74, 6) is -1.44. The Hall–Kier alpha value is -1.28. The Morgan fingerprint density at radius 2 is 2.05 bits per heavy atom. The van der Waals surface area contributed by atoms with Gasteiger partial charge in [0.1, 0.15) is 11.4 Å². The fourth-order valence-electron chi connectivity index (χ4n) is 1.88. The number of carbonyl (C=O) groups is 3. The van der Waals surface area contributed by atoms with Crippen LogP contribution in [-0.4, -0.2) is 63.8 Å². The molecule has 1 heterocycles. The lowest BCUT2D eigenvalue weighted by molar-refractivity contribution is -0.152. The Bertz CT molecular complexity index is 361. The zero-order chi connectivity index (χ0) is 14.4. The van der Waals surface area contributed by atoms with Gasteiger partial charge in [-0.1, -0.05) is 0 Å². The molecule has 0 aromatic heterocycles. The van der Waals surface area contributed by atoms with Crippen molar-refractivity contribution in [1.82, 2.24) is 4.90 Å². The Morgan fingerprint density at radius 3 is 2.58 bits per heavy atom. The van der Waals surface area contributed by atoms with Crippen molar-refractivity contribution in [2.45, 2.75) is 30.7 Å². The number of carboxylic acid groups (broad SMARTS) is 1. The van der Waals surface area contributed by atoms with E-state index in [4.69, 9.17) is 5.11 Å². The number of amides is 1. The van der Waals surface area contributed by atoms with Gasteiger partial charge in [0.2, 0.25) is 5.91 Å². The van der Waals surface area contributed by atoms with Crippen molar-refractivity contribution in [2.24, 2.45) is 0 Å². The molecule has 0 aliphatic carbocycles. The van der Waals surface area contributed by atoms with Crippen molar-refractivity contribution < 1.29 is 29.3 Å². The molecule has 7 nitrogen and oxygen atoms in total. The Morgan fingerprint density at radius 1 is 1.37 bits per heavy atom. The molecule has 0 saturated carbocycles. The highest BCUT2D eigenvalue weighted by atomic mass is 32.2. The Labute approximate surface area is 114 Å². The molecule has 1 aliphatic heterocycles. The zero-order valence-electron chi connectivity index (χ0n) is 10.6. The minimum absolute atomic E-state index is 0.0385. The highest BCUT2D eigenvalue weighted by molar-refractivity contribution is 8.00. The van der Waals surface area contributed by atoms with E-state index in [9.17, 15) is 19.5 Å². The first kappa shape index (κ1) is 15.8. The maximum atomic E-state index is 12.0. The van der Waals surface area contributed by atoms with Gasteiger partial charge >= 0.3 is 11.9 Å². The largest absolute Gasteiger partial charge is 0.481 e. The maximum Gasteiger partial charge on any atom is 0.329 e. The van der Waals surface area contributed by atoms with E-state index < -0.39 is 23.4 Å². The lowest BCUT2D eigenvalue weighted by Gasteiger charge is -2.26. The average Bonchev–Trinajstić information content (AvgIpc) is 2.80. The van der Waals surface area contributed by atoms with Gasteiger partial charge in [-0.05, 0) is 6.42 Å². The van der Waals surface area contributed by atoms with Crippen LogP contribution in [0.1, 0.15) is 19.3 Å². The lowest BCUT2D eigenvalue weighted by Crippen LogP contribution is -2.47. The first-order chi connectivity index (χ1) is 9.01. The number of rotatable bonds is 6. The van der Waals surface area contributed by atoms with Crippen LogP contribution in [0, 0.1) is 0 Å². The van der Waals surface area contributed by atoms with E-state index in [2.05, 4.69) is 4.74 Å². The van der Waals surface area contributed by atoms with Crippen molar-refractivity contribution in [3.05, 3.63) is 0 Å². The number of nitrogens with zero attached hydrogens (tertiary/aromatic N) is 1. The SMILES string of the molecule is COC(=O)C1CSC(CO)N1C(=O)CCCC(=O)O. The van der Waals surface area contributed by atoms with Crippen molar-refractivity contribution in [3.8, 4) is 0 Å². The standard InChI is InChI=1S/C11H17NO6S/c1-18-11(17)7-6-19-9(5-13)12(7)8(14)3-2-4-10(15)16/h7,9,13H,2-6H2,1H3,(H,15,16). The van der Waals surface area contributed by atoms with Crippen LogP contribution < -0.4 is 0 Å². The third-order valence-electron chi connectivity index (χ3n) is 2.79. The van der Waals surface area contributed by atoms with Crippen LogP contribution >= 0.6 is 11.8 Å². The van der Waals surface area contributed by atoms with Gasteiger partial charge in [0.25, 0.3) is 0 Å². The molecule has 0 radical (unpaired) electrons. The molecule has 1 saturated heterocycles. The van der Waals surface area contributed by atoms with Crippen LogP contribution in [0.3, 0.4) is 0 Å². The van der Waals surface area contributed by atoms with Gasteiger partial charge < -0.3 is 19.8 Å². The number of aliphatic hydroxyl groups is 1. The molecule has 2 unspecified atom stereocenters. The number of aliphatic hydroxyl groups excluding tert-OH is 1. The second kappa shape index (κ2) is 7.34. The predicted octanol–water partition coefficient (Wildman–Crippen LogP) is -0.323. The fraction of sp³-hybridized carbons (Fsp3) is 0.727. The van der Waals surface area contributed by atoms with Gasteiger partial charge in [0.05, 0.1) is 13.7 Å². The number of methoxy groups -OCH3 is 1. The molecule has 1 aliphatic rings. The van der Waals surface area contributed by atoms with Gasteiger partial charge in [-0.2, -0.15) is 0 Å². The molecular weight excluding hydrogens is 274 g/mol. The van der Waals surface area contributed by atoms with Gasteiger partial charge in [0, 0.05) is 18.6 Å². The van der Waals surface area contributed by atoms with E-state index in [1.165, 1.54) is 23.8 Å². The summed E-state index contributed by atoms with van der Waals surface area (Å²) in [6.07, 6.45) is 0.150. The van der Waals surface area contributed by atoms with Crippen molar-refractivity contribution in [3.63, 3.8) is 0 Å². The summed E-state index contributed by atoms with van der Waals surface area (Å²) >= 11 is 1.31. The van der Waals surface area contributed by atoms with Crippen LogP contribution in [0.4, 0.5) is 0 Å². The topological polar surface area (TPSA) is 104 Å². The molecule has 0 spiro atoms. The summed E-state index contributed by atoms with van der Waals surface area (Å²) in [5, 5.41) is 17.3. The monoisotopic (exact) mass is 291 g/mol. The van der Waals surface area contributed by atoms with Gasteiger partial charge in [0.15, 0.2) is 0 Å². The summed E-state index contributed by atoms with van der Waals surface area (Å²) in [4.78, 5) is 35.3. The van der Waals surface area contributed by atoms with Crippen LogP contribution in [0.25, 0.3) is 0 Å². The number of aliphatic carboxylic acids is 1. The smallest absolute Gasteiger partial charge is 0.329 e. The van der Waals surface area contributed by atoms with Crippen molar-refractivity contribution >= 4 is 29.6 Å². The number of thioether (sulfide) groups is 1. The minimum Gasteiger partial charge on any atom is -0.481 e. The highest BCUT2D eigenvalue weighted by Gasteiger charge is 2.41. The molecular formula is C11H17NO6S. The van der Waals surface area contributed by atoms with Crippen molar-refractivity contribution in [1.29, 1.82) is 0 Å². The molecule has 108 valence electrons. The third kappa shape index (κ3) is 4.10. The molecule has 0 aromatic carbocycles. The molecule has 2 N–H and O–H groups in total. The number of esters is 1. The second-order valence-corrected chi connectivity index (χ2v) is 5.27. The number of ether oxygens (including phenoxy) is 1. The quantitative estimate of drug-likeness (QED) is 0.646. The normalized spacial score (nSPS) is 22.3. The number of hydrogen-bond donors (Lipinski definition) is 2. The van der Waals surface area contributed by atoms with Gasteiger partial charge in [-0.15, -0.1) is 11.8 Å². The molecule has 8 heteroatoms. The molecule has 0 aromatic rings. The Kier molecular flexibility index (Phi) is 6.10. The molecule has 1 rings (SSSR count). The highest BCUT2D eigenvalue weighted by Crippen LogP contribution is 2.30. The lowest BCUT2D eigenvalue weighted by atomic mass is 10.2. The van der Waals surface area contributed by atoms with Crippen molar-refractivity contribution in [2.75, 3.05) is 19.5 Å². The summed E-state index contributed by atoms with van der Waals surface area (Å²) in [5.41, 5.74) is 0. The molecule has 19 heavy (non-hydrogen) atoms. The summed E-state index contributed by atoms with van der Waals surface area (Å²) in [6.45, 7) is -0.247. The van der Waals surface area contributed by atoms with E-state index in [0.29, 0.717) is 5.75 Å². The number of carbonyl (C=O) groups excluding carboxylic acids is 2. The van der Waals surface area contributed by atoms with E-state index in [1.54, 1.807) is 0 Å². The predicted molar refractivity (Wildman–Crippen MR) is 67.5 cm³/mol. The fourth-order valence-corrected chi connectivity index (χ4v) is 3.11. The number of hydrogen-bond acceptors (Lipinski definition) is 6. The summed E-state index contributed by atoms with van der Waals surface area (Å²) < 4.78 is 4.63. The van der Waals surface area contributed by atoms with Crippen LogP contribution in [-0.2, 0) is 19.1 Å². The first-order valence-corrected chi connectivity index (χ1v) is 6.89. The van der Waals surface area contributed by atoms with E-state index in [1.807, 2.05) is 0 Å². The van der Waals surface area contributed by atoms with Crippen LogP contribution in [0.15, 0.2) is 0 Å². The maximum absolute atomic E-state index is 12.0. The first-order valence-electron chi connectivity index (χ1n) is 5.84. The third-order valence-corrected chi connectivity index (χ3v) is 4.06. The summed E-state index contributed by atoms with van der Waals surface area (Å²) in [6, 6.07) is -0.704. The van der Waals surface area contributed by atoms with Gasteiger partial charge in [-0.25, -0.2) is 4.79 Å². The van der Waals surface area contributed by atoms with Crippen LogP contribution in [0.2, 0.25) is 0 Å². The van der Waals surface area contributed by atoms with Gasteiger partial charge in [-0.3, -0.25) is 9.59 Å². The molecule has 1 fully saturated rings. The van der Waals surface area contributed by atoms with E-state index in [0.717, 1.165) is 0 Å².